The summed E-state index contributed by atoms with van der Waals surface area (Å²) < 4.78 is 2.05. The maximum atomic E-state index is 4.00. The number of nitrogens with zero attached hydrogens (tertiary/aromatic N) is 3. The fourth-order valence-electron chi connectivity index (χ4n) is 0.973. The van der Waals surface area contributed by atoms with E-state index in [1.807, 2.05) is 7.05 Å². The lowest BCUT2D eigenvalue weighted by atomic mass is 10.4. The molecule has 1 aromatic rings. The molecule has 1 aromatic heterocycles. The summed E-state index contributed by atoms with van der Waals surface area (Å²) in [6, 6.07) is 0. The first-order valence-corrected chi connectivity index (χ1v) is 3.89. The summed E-state index contributed by atoms with van der Waals surface area (Å²) in [6.45, 7) is 4.00. The minimum absolute atomic E-state index is 0.949. The van der Waals surface area contributed by atoms with Crippen LogP contribution in [0.25, 0.3) is 0 Å². The van der Waals surface area contributed by atoms with E-state index in [-0.39, 0.29) is 0 Å². The monoisotopic (exact) mass is 154 g/mol. The first-order valence-electron chi connectivity index (χ1n) is 3.89. The van der Waals surface area contributed by atoms with Crippen LogP contribution in [0.15, 0.2) is 6.33 Å². The van der Waals surface area contributed by atoms with Crippen LogP contribution in [0.1, 0.15) is 12.7 Å². The average molecular weight is 154 g/mol. The fourth-order valence-corrected chi connectivity index (χ4v) is 0.973. The first kappa shape index (κ1) is 8.20. The lowest BCUT2D eigenvalue weighted by molar-refractivity contribution is 0.668. The van der Waals surface area contributed by atoms with Crippen LogP contribution < -0.4 is 5.32 Å². The van der Waals surface area contributed by atoms with E-state index < -0.39 is 0 Å². The lowest BCUT2D eigenvalue weighted by Gasteiger charge is -2.01. The van der Waals surface area contributed by atoms with Gasteiger partial charge in [0.25, 0.3) is 0 Å². The molecule has 0 aliphatic rings. The molecule has 0 saturated heterocycles. The van der Waals surface area contributed by atoms with Crippen molar-refractivity contribution in [3.8, 4) is 0 Å². The van der Waals surface area contributed by atoms with Gasteiger partial charge in [0.2, 0.25) is 0 Å². The molecule has 0 aliphatic carbocycles. The topological polar surface area (TPSA) is 42.7 Å². The number of likely N-dealkylation sites (N-methyl/N-ethyl adjacent to an activating group) is 1. The Morgan fingerprint density at radius 1 is 1.64 bits per heavy atom. The highest BCUT2D eigenvalue weighted by Gasteiger charge is 1.99. The maximum Gasteiger partial charge on any atom is 0.134 e. The highest BCUT2D eigenvalue weighted by atomic mass is 15.3. The van der Waals surface area contributed by atoms with Gasteiger partial charge in [-0.05, 0) is 14.0 Å². The van der Waals surface area contributed by atoms with E-state index in [1.165, 1.54) is 0 Å². The molecule has 0 radical (unpaired) electrons. The standard InChI is InChI=1S/C7H14N4/c1-3-11-6-9-10-7(11)4-5-8-2/h6,8H,3-5H2,1-2H3. The van der Waals surface area contributed by atoms with Gasteiger partial charge in [0.1, 0.15) is 12.2 Å². The summed E-state index contributed by atoms with van der Waals surface area (Å²) in [5, 5.41) is 10.9. The minimum Gasteiger partial charge on any atom is -0.319 e. The Balaban J connectivity index is 2.54. The van der Waals surface area contributed by atoms with Gasteiger partial charge in [0.05, 0.1) is 0 Å². The van der Waals surface area contributed by atoms with E-state index >= 15 is 0 Å². The zero-order valence-corrected chi connectivity index (χ0v) is 7.04. The van der Waals surface area contributed by atoms with Gasteiger partial charge < -0.3 is 9.88 Å². The van der Waals surface area contributed by atoms with E-state index in [0.29, 0.717) is 0 Å². The summed E-state index contributed by atoms with van der Waals surface area (Å²) >= 11 is 0. The van der Waals surface area contributed by atoms with Crippen molar-refractivity contribution < 1.29 is 0 Å². The zero-order valence-electron chi connectivity index (χ0n) is 7.04. The van der Waals surface area contributed by atoms with Gasteiger partial charge in [0, 0.05) is 19.5 Å². The van der Waals surface area contributed by atoms with Gasteiger partial charge in [-0.15, -0.1) is 10.2 Å². The third-order valence-electron chi connectivity index (χ3n) is 1.64. The van der Waals surface area contributed by atoms with E-state index in [0.717, 1.165) is 25.3 Å². The van der Waals surface area contributed by atoms with Crippen molar-refractivity contribution in [3.05, 3.63) is 12.2 Å². The Labute approximate surface area is 66.6 Å². The van der Waals surface area contributed by atoms with Gasteiger partial charge in [-0.2, -0.15) is 0 Å². The Morgan fingerprint density at radius 3 is 3.09 bits per heavy atom. The lowest BCUT2D eigenvalue weighted by Crippen LogP contribution is -2.13. The first-order chi connectivity index (χ1) is 5.38. The van der Waals surface area contributed by atoms with Crippen molar-refractivity contribution in [2.75, 3.05) is 13.6 Å². The Morgan fingerprint density at radius 2 is 2.45 bits per heavy atom. The summed E-state index contributed by atoms with van der Waals surface area (Å²) in [5.41, 5.74) is 0. The summed E-state index contributed by atoms with van der Waals surface area (Å²) in [5.74, 6) is 1.06. The third kappa shape index (κ3) is 2.01. The second-order valence-electron chi connectivity index (χ2n) is 2.39. The molecule has 0 spiro atoms. The maximum absolute atomic E-state index is 4.00. The van der Waals surface area contributed by atoms with Crippen molar-refractivity contribution in [1.29, 1.82) is 0 Å². The minimum atomic E-state index is 0.949. The number of rotatable bonds is 4. The van der Waals surface area contributed by atoms with Gasteiger partial charge in [-0.1, -0.05) is 0 Å². The summed E-state index contributed by atoms with van der Waals surface area (Å²) in [7, 11) is 1.94. The van der Waals surface area contributed by atoms with Crippen LogP contribution in [0, 0.1) is 0 Å². The second kappa shape index (κ2) is 4.08. The number of nitrogens with one attached hydrogen (secondary N) is 1. The SMILES string of the molecule is CCn1cnnc1CCNC. The molecule has 0 amide bonds. The van der Waals surface area contributed by atoms with Crippen molar-refractivity contribution >= 4 is 0 Å². The van der Waals surface area contributed by atoms with Crippen LogP contribution in [0.4, 0.5) is 0 Å². The molecule has 0 aromatic carbocycles. The largest absolute Gasteiger partial charge is 0.319 e. The van der Waals surface area contributed by atoms with Gasteiger partial charge in [0.15, 0.2) is 0 Å². The van der Waals surface area contributed by atoms with Crippen LogP contribution in [0.3, 0.4) is 0 Å². The molecule has 4 heteroatoms. The summed E-state index contributed by atoms with van der Waals surface area (Å²) in [6.07, 6.45) is 2.72. The number of hydrogen-bond donors (Lipinski definition) is 1. The third-order valence-corrected chi connectivity index (χ3v) is 1.64. The Hall–Kier alpha value is -0.900. The summed E-state index contributed by atoms with van der Waals surface area (Å²) in [4.78, 5) is 0. The molecule has 62 valence electrons. The van der Waals surface area contributed by atoms with Crippen LogP contribution >= 0.6 is 0 Å². The van der Waals surface area contributed by atoms with E-state index in [2.05, 4.69) is 27.0 Å². The van der Waals surface area contributed by atoms with Crippen LogP contribution in [0.2, 0.25) is 0 Å². The van der Waals surface area contributed by atoms with Gasteiger partial charge in [-0.3, -0.25) is 0 Å². The molecule has 1 rings (SSSR count). The van der Waals surface area contributed by atoms with Gasteiger partial charge >= 0.3 is 0 Å². The predicted octanol–water partition coefficient (Wildman–Crippen LogP) is 0.0599. The van der Waals surface area contributed by atoms with Crippen LogP contribution in [0.5, 0.6) is 0 Å². The van der Waals surface area contributed by atoms with Crippen molar-refractivity contribution in [2.45, 2.75) is 19.9 Å². The van der Waals surface area contributed by atoms with Gasteiger partial charge in [-0.25, -0.2) is 0 Å². The highest BCUT2D eigenvalue weighted by Crippen LogP contribution is 1.94. The quantitative estimate of drug-likeness (QED) is 0.667. The van der Waals surface area contributed by atoms with Crippen molar-refractivity contribution in [2.24, 2.45) is 0 Å². The number of aromatic nitrogens is 3. The highest BCUT2D eigenvalue weighted by molar-refractivity contribution is 4.85. The molecule has 0 saturated carbocycles. The molecule has 0 aliphatic heterocycles. The van der Waals surface area contributed by atoms with Crippen LogP contribution in [-0.2, 0) is 13.0 Å². The zero-order chi connectivity index (χ0) is 8.10. The average Bonchev–Trinajstić information content (AvgIpc) is 2.47. The Bertz CT molecular complexity index is 206. The predicted molar refractivity (Wildman–Crippen MR) is 43.3 cm³/mol. The molecule has 11 heavy (non-hydrogen) atoms. The molecule has 1 N–H and O–H groups in total. The van der Waals surface area contributed by atoms with E-state index in [9.17, 15) is 0 Å². The number of aryl methyl sites for hydroxylation is 1. The molecule has 0 unspecified atom stereocenters. The fraction of sp³-hybridized carbons (Fsp3) is 0.714. The van der Waals surface area contributed by atoms with Crippen LogP contribution in [-0.4, -0.2) is 28.4 Å². The molecule has 0 atom stereocenters. The van der Waals surface area contributed by atoms with E-state index in [1.54, 1.807) is 6.33 Å². The normalized spacial score (nSPS) is 10.4. The molecule has 0 bridgehead atoms. The Kier molecular flexibility index (Phi) is 3.04. The second-order valence-corrected chi connectivity index (χ2v) is 2.39. The molecule has 1 heterocycles. The smallest absolute Gasteiger partial charge is 0.134 e. The van der Waals surface area contributed by atoms with Crippen molar-refractivity contribution in [1.82, 2.24) is 20.1 Å². The molecular weight excluding hydrogens is 140 g/mol. The van der Waals surface area contributed by atoms with E-state index in [4.69, 9.17) is 0 Å². The molecule has 0 fully saturated rings. The molecule has 4 nitrogen and oxygen atoms in total. The molecular formula is C7H14N4. The number of hydrogen-bond acceptors (Lipinski definition) is 3. The van der Waals surface area contributed by atoms with Crippen molar-refractivity contribution in [3.63, 3.8) is 0 Å².